The molecule has 0 radical (unpaired) electrons. The summed E-state index contributed by atoms with van der Waals surface area (Å²) in [5, 5.41) is 10.4. The molecule has 4 heteroatoms. The lowest BCUT2D eigenvalue weighted by atomic mass is 10.0. The first kappa shape index (κ1) is 16.5. The first-order valence-corrected chi connectivity index (χ1v) is 8.36. The van der Waals surface area contributed by atoms with E-state index < -0.39 is 6.10 Å². The van der Waals surface area contributed by atoms with Crippen molar-refractivity contribution < 1.29 is 9.84 Å². The molecule has 2 nitrogen and oxygen atoms in total. The summed E-state index contributed by atoms with van der Waals surface area (Å²) in [5.74, 6) is 0.851. The quantitative estimate of drug-likeness (QED) is 0.730. The van der Waals surface area contributed by atoms with E-state index in [9.17, 15) is 5.11 Å². The van der Waals surface area contributed by atoms with E-state index in [0.29, 0.717) is 6.42 Å². The van der Waals surface area contributed by atoms with Gasteiger partial charge >= 0.3 is 0 Å². The lowest BCUT2D eigenvalue weighted by molar-refractivity contribution is 0.167. The highest BCUT2D eigenvalue weighted by molar-refractivity contribution is 9.11. The zero-order valence-electron chi connectivity index (χ0n) is 12.1. The number of benzene rings is 2. The van der Waals surface area contributed by atoms with Crippen molar-refractivity contribution in [3.05, 3.63) is 62.0 Å². The first-order chi connectivity index (χ1) is 10.0. The average Bonchev–Trinajstić information content (AvgIpc) is 2.49. The molecule has 2 aromatic carbocycles. The van der Waals surface area contributed by atoms with Gasteiger partial charge in [0.15, 0.2) is 0 Å². The van der Waals surface area contributed by atoms with Crippen molar-refractivity contribution in [2.24, 2.45) is 0 Å². The van der Waals surface area contributed by atoms with Crippen LogP contribution in [0.5, 0.6) is 5.75 Å². The maximum atomic E-state index is 10.4. The number of hydrogen-bond acceptors (Lipinski definition) is 2. The molecule has 0 saturated heterocycles. The van der Waals surface area contributed by atoms with Crippen molar-refractivity contribution in [1.29, 1.82) is 0 Å². The highest BCUT2D eigenvalue weighted by Gasteiger charge is 2.13. The molecule has 0 amide bonds. The summed E-state index contributed by atoms with van der Waals surface area (Å²) in [6.07, 6.45) is 1.02. The van der Waals surface area contributed by atoms with Gasteiger partial charge in [-0.25, -0.2) is 0 Å². The van der Waals surface area contributed by atoms with Gasteiger partial charge < -0.3 is 9.84 Å². The molecule has 0 aliphatic carbocycles. The van der Waals surface area contributed by atoms with Gasteiger partial charge in [0.05, 0.1) is 13.2 Å². The summed E-state index contributed by atoms with van der Waals surface area (Å²) < 4.78 is 7.11. The van der Waals surface area contributed by atoms with Gasteiger partial charge in [-0.05, 0) is 60.7 Å². The molecular weight excluding hydrogens is 396 g/mol. The van der Waals surface area contributed by atoms with Gasteiger partial charge in [-0.3, -0.25) is 0 Å². The normalized spacial score (nSPS) is 12.2. The number of rotatable bonds is 5. The molecule has 112 valence electrons. The second kappa shape index (κ2) is 7.43. The fourth-order valence-electron chi connectivity index (χ4n) is 2.17. The number of aryl methyl sites for hydroxylation is 2. The second-order valence-corrected chi connectivity index (χ2v) is 6.73. The Bertz CT molecular complexity index is 609. The SMILES string of the molecule is COc1ccc(CCC(O)c2cc(Br)c(C)cc2Br)cc1. The molecule has 2 rings (SSSR count). The van der Waals surface area contributed by atoms with Crippen LogP contribution < -0.4 is 4.74 Å². The van der Waals surface area contributed by atoms with E-state index in [1.54, 1.807) is 7.11 Å². The maximum absolute atomic E-state index is 10.4. The molecule has 0 saturated carbocycles. The van der Waals surface area contributed by atoms with Gasteiger partial charge in [-0.1, -0.05) is 44.0 Å². The van der Waals surface area contributed by atoms with E-state index in [0.717, 1.165) is 32.2 Å². The Balaban J connectivity index is 2.04. The molecule has 1 unspecified atom stereocenters. The molecule has 2 aromatic rings. The monoisotopic (exact) mass is 412 g/mol. The Morgan fingerprint density at radius 1 is 1.10 bits per heavy atom. The van der Waals surface area contributed by atoms with Crippen LogP contribution in [0.25, 0.3) is 0 Å². The molecule has 0 spiro atoms. The van der Waals surface area contributed by atoms with Crippen LogP contribution in [0.1, 0.15) is 29.2 Å². The molecule has 0 heterocycles. The summed E-state index contributed by atoms with van der Waals surface area (Å²) >= 11 is 7.04. The van der Waals surface area contributed by atoms with E-state index in [2.05, 4.69) is 31.9 Å². The van der Waals surface area contributed by atoms with Gasteiger partial charge in [0.1, 0.15) is 5.75 Å². The summed E-state index contributed by atoms with van der Waals surface area (Å²) in [6, 6.07) is 12.0. The number of aliphatic hydroxyl groups is 1. The fraction of sp³-hybridized carbons (Fsp3) is 0.294. The van der Waals surface area contributed by atoms with Crippen molar-refractivity contribution in [2.45, 2.75) is 25.9 Å². The van der Waals surface area contributed by atoms with Crippen LogP contribution in [0.15, 0.2) is 45.3 Å². The minimum Gasteiger partial charge on any atom is -0.497 e. The van der Waals surface area contributed by atoms with Crippen molar-refractivity contribution in [3.8, 4) is 5.75 Å². The number of ether oxygens (including phenoxy) is 1. The lowest BCUT2D eigenvalue weighted by Crippen LogP contribution is -2.01. The van der Waals surface area contributed by atoms with Crippen LogP contribution in [-0.4, -0.2) is 12.2 Å². The van der Waals surface area contributed by atoms with Crippen molar-refractivity contribution in [2.75, 3.05) is 7.11 Å². The van der Waals surface area contributed by atoms with E-state index in [1.807, 2.05) is 43.3 Å². The van der Waals surface area contributed by atoms with Gasteiger partial charge in [0.25, 0.3) is 0 Å². The van der Waals surface area contributed by atoms with Gasteiger partial charge in [0, 0.05) is 8.95 Å². The molecule has 0 fully saturated rings. The smallest absolute Gasteiger partial charge is 0.118 e. The number of aliphatic hydroxyl groups excluding tert-OH is 1. The van der Waals surface area contributed by atoms with Crippen LogP contribution in [0, 0.1) is 6.92 Å². The van der Waals surface area contributed by atoms with Crippen LogP contribution in [-0.2, 0) is 6.42 Å². The molecule has 0 bridgehead atoms. The predicted octanol–water partition coefficient (Wildman–Crippen LogP) is 5.19. The predicted molar refractivity (Wildman–Crippen MR) is 92.9 cm³/mol. The number of methoxy groups -OCH3 is 1. The Hall–Kier alpha value is -0.840. The first-order valence-electron chi connectivity index (χ1n) is 6.78. The largest absolute Gasteiger partial charge is 0.497 e. The summed E-state index contributed by atoms with van der Waals surface area (Å²) in [6.45, 7) is 2.03. The van der Waals surface area contributed by atoms with Gasteiger partial charge in [-0.15, -0.1) is 0 Å². The van der Waals surface area contributed by atoms with E-state index in [-0.39, 0.29) is 0 Å². The maximum Gasteiger partial charge on any atom is 0.118 e. The molecular formula is C17H18Br2O2. The highest BCUT2D eigenvalue weighted by atomic mass is 79.9. The molecule has 1 atom stereocenters. The topological polar surface area (TPSA) is 29.5 Å². The minimum atomic E-state index is -0.488. The third-order valence-corrected chi connectivity index (χ3v) is 5.04. The van der Waals surface area contributed by atoms with E-state index in [4.69, 9.17) is 4.74 Å². The third kappa shape index (κ3) is 4.31. The number of halogens is 2. The summed E-state index contributed by atoms with van der Waals surface area (Å²) in [4.78, 5) is 0. The van der Waals surface area contributed by atoms with Gasteiger partial charge in [-0.2, -0.15) is 0 Å². The van der Waals surface area contributed by atoms with Crippen LogP contribution in [0.2, 0.25) is 0 Å². The molecule has 0 aliphatic rings. The molecule has 1 N–H and O–H groups in total. The van der Waals surface area contributed by atoms with E-state index >= 15 is 0 Å². The van der Waals surface area contributed by atoms with E-state index in [1.165, 1.54) is 5.56 Å². The Kier molecular flexibility index (Phi) is 5.85. The van der Waals surface area contributed by atoms with Crippen molar-refractivity contribution in [1.82, 2.24) is 0 Å². The minimum absolute atomic E-state index is 0.488. The average molecular weight is 414 g/mol. The summed E-state index contributed by atoms with van der Waals surface area (Å²) in [7, 11) is 1.66. The summed E-state index contributed by atoms with van der Waals surface area (Å²) in [5.41, 5.74) is 3.26. The standard InChI is InChI=1S/C17H18Br2O2/c1-11-9-16(19)14(10-15(11)18)17(20)8-5-12-3-6-13(21-2)7-4-12/h3-4,6-7,9-10,17,20H,5,8H2,1-2H3. The number of hydrogen-bond donors (Lipinski definition) is 1. The van der Waals surface area contributed by atoms with Gasteiger partial charge in [0.2, 0.25) is 0 Å². The second-order valence-electron chi connectivity index (χ2n) is 5.03. The molecule has 0 aromatic heterocycles. The van der Waals surface area contributed by atoms with Crippen LogP contribution >= 0.6 is 31.9 Å². The Morgan fingerprint density at radius 2 is 1.76 bits per heavy atom. The Morgan fingerprint density at radius 3 is 2.38 bits per heavy atom. The molecule has 0 aliphatic heterocycles. The van der Waals surface area contributed by atoms with Crippen LogP contribution in [0.3, 0.4) is 0 Å². The zero-order valence-corrected chi connectivity index (χ0v) is 15.2. The lowest BCUT2D eigenvalue weighted by Gasteiger charge is -2.15. The fourth-order valence-corrected chi connectivity index (χ4v) is 3.25. The van der Waals surface area contributed by atoms with Crippen molar-refractivity contribution >= 4 is 31.9 Å². The third-order valence-electron chi connectivity index (χ3n) is 3.50. The zero-order chi connectivity index (χ0) is 15.4. The molecule has 21 heavy (non-hydrogen) atoms. The van der Waals surface area contributed by atoms with Crippen LogP contribution in [0.4, 0.5) is 0 Å². The Labute approximate surface area is 142 Å². The van der Waals surface area contributed by atoms with Crippen molar-refractivity contribution in [3.63, 3.8) is 0 Å². The highest BCUT2D eigenvalue weighted by Crippen LogP contribution is 2.31.